The van der Waals surface area contributed by atoms with E-state index in [4.69, 9.17) is 16.3 Å². The maximum absolute atomic E-state index is 11.4. The van der Waals surface area contributed by atoms with E-state index in [9.17, 15) is 14.9 Å². The lowest BCUT2D eigenvalue weighted by molar-refractivity contribution is -0.386. The number of nitro benzene ring substituents is 1. The summed E-state index contributed by atoms with van der Waals surface area (Å²) in [6.07, 6.45) is -0.439. The number of hydrogen-bond acceptors (Lipinski definition) is 4. The maximum atomic E-state index is 11.4. The number of nitrogens with zero attached hydrogens (tertiary/aromatic N) is 1. The van der Waals surface area contributed by atoms with Gasteiger partial charge in [0.1, 0.15) is 0 Å². The largest absolute Gasteiger partial charge is 0.475 e. The Morgan fingerprint density at radius 3 is 2.72 bits per heavy atom. The molecule has 0 spiro atoms. The fraction of sp³-hybridized carbons (Fsp3) is 0.364. The average molecular weight is 337 g/mol. The van der Waals surface area contributed by atoms with E-state index in [0.717, 1.165) is 0 Å². The number of benzene rings is 1. The number of ketones is 1. The molecular weight excluding hydrogens is 325 g/mol. The van der Waals surface area contributed by atoms with Crippen molar-refractivity contribution in [2.24, 2.45) is 0 Å². The SMILES string of the molecule is CCC(=O)C(C)Oc1c(Br)cc(Cl)cc1[N+](=O)[O-]. The highest BCUT2D eigenvalue weighted by molar-refractivity contribution is 9.10. The van der Waals surface area contributed by atoms with E-state index in [1.807, 2.05) is 0 Å². The quantitative estimate of drug-likeness (QED) is 0.606. The van der Waals surface area contributed by atoms with E-state index in [-0.39, 0.29) is 22.2 Å². The van der Waals surface area contributed by atoms with Gasteiger partial charge in [-0.15, -0.1) is 0 Å². The maximum Gasteiger partial charge on any atom is 0.313 e. The van der Waals surface area contributed by atoms with Crippen LogP contribution in [0.2, 0.25) is 5.02 Å². The van der Waals surface area contributed by atoms with Gasteiger partial charge in [-0.1, -0.05) is 18.5 Å². The third-order valence-corrected chi connectivity index (χ3v) is 3.09. The van der Waals surface area contributed by atoms with Crippen LogP contribution in [0.3, 0.4) is 0 Å². The van der Waals surface area contributed by atoms with Gasteiger partial charge in [0.15, 0.2) is 11.9 Å². The second kappa shape index (κ2) is 6.15. The van der Waals surface area contributed by atoms with Crippen LogP contribution in [-0.4, -0.2) is 16.8 Å². The van der Waals surface area contributed by atoms with E-state index in [1.54, 1.807) is 13.8 Å². The minimum Gasteiger partial charge on any atom is -0.475 e. The fourth-order valence-electron chi connectivity index (χ4n) is 1.33. The molecule has 98 valence electrons. The van der Waals surface area contributed by atoms with Gasteiger partial charge in [0, 0.05) is 17.5 Å². The van der Waals surface area contributed by atoms with Gasteiger partial charge in [-0.25, -0.2) is 0 Å². The molecule has 0 amide bonds. The van der Waals surface area contributed by atoms with E-state index in [0.29, 0.717) is 10.9 Å². The van der Waals surface area contributed by atoms with Crippen molar-refractivity contribution >= 4 is 39.0 Å². The second-order valence-corrected chi connectivity index (χ2v) is 4.86. The molecule has 5 nitrogen and oxygen atoms in total. The lowest BCUT2D eigenvalue weighted by Crippen LogP contribution is -2.23. The van der Waals surface area contributed by atoms with Gasteiger partial charge < -0.3 is 4.74 Å². The zero-order chi connectivity index (χ0) is 13.9. The number of nitro groups is 1. The first-order chi connectivity index (χ1) is 8.36. The number of rotatable bonds is 5. The summed E-state index contributed by atoms with van der Waals surface area (Å²) in [6, 6.07) is 2.66. The molecule has 0 aliphatic rings. The molecule has 1 aromatic carbocycles. The molecule has 1 unspecified atom stereocenters. The Bertz CT molecular complexity index is 492. The number of carbonyl (C=O) groups excluding carboxylic acids is 1. The van der Waals surface area contributed by atoms with Crippen LogP contribution in [0.25, 0.3) is 0 Å². The Kier molecular flexibility index (Phi) is 5.10. The molecule has 1 rings (SSSR count). The number of hydrogen-bond donors (Lipinski definition) is 0. The molecular formula is C11H11BrClNO4. The Morgan fingerprint density at radius 2 is 2.22 bits per heavy atom. The van der Waals surface area contributed by atoms with E-state index in [2.05, 4.69) is 15.9 Å². The van der Waals surface area contributed by atoms with Crippen LogP contribution in [0.5, 0.6) is 5.75 Å². The number of halogens is 2. The average Bonchev–Trinajstić information content (AvgIpc) is 2.30. The topological polar surface area (TPSA) is 69.4 Å². The molecule has 0 bridgehead atoms. The summed E-state index contributed by atoms with van der Waals surface area (Å²) in [5, 5.41) is 11.1. The van der Waals surface area contributed by atoms with Crippen LogP contribution in [0.15, 0.2) is 16.6 Å². The van der Waals surface area contributed by atoms with Crippen molar-refractivity contribution in [3.8, 4) is 5.75 Å². The Balaban J connectivity index is 3.15. The summed E-state index contributed by atoms with van der Waals surface area (Å²) in [7, 11) is 0. The van der Waals surface area contributed by atoms with Gasteiger partial charge in [-0.3, -0.25) is 14.9 Å². The standard InChI is InChI=1S/C11H11BrClNO4/c1-3-10(15)6(2)18-11-8(12)4-7(13)5-9(11)14(16)17/h4-6H,3H2,1-2H3. The second-order valence-electron chi connectivity index (χ2n) is 3.57. The Hall–Kier alpha value is -1.14. The van der Waals surface area contributed by atoms with Crippen molar-refractivity contribution in [1.29, 1.82) is 0 Å². The number of ether oxygens (including phenoxy) is 1. The fourth-order valence-corrected chi connectivity index (χ4v) is 2.22. The van der Waals surface area contributed by atoms with Crippen molar-refractivity contribution in [3.63, 3.8) is 0 Å². The van der Waals surface area contributed by atoms with E-state index in [1.165, 1.54) is 12.1 Å². The van der Waals surface area contributed by atoms with Crippen molar-refractivity contribution in [2.75, 3.05) is 0 Å². The lowest BCUT2D eigenvalue weighted by atomic mass is 10.2. The first kappa shape index (κ1) is 14.9. The van der Waals surface area contributed by atoms with Gasteiger partial charge in [0.2, 0.25) is 5.75 Å². The molecule has 0 N–H and O–H groups in total. The summed E-state index contributed by atoms with van der Waals surface area (Å²) in [5.41, 5.74) is -0.273. The van der Waals surface area contributed by atoms with E-state index < -0.39 is 11.0 Å². The normalized spacial score (nSPS) is 12.0. The van der Waals surface area contributed by atoms with Crippen LogP contribution >= 0.6 is 27.5 Å². The first-order valence-electron chi connectivity index (χ1n) is 5.19. The molecule has 0 aliphatic heterocycles. The van der Waals surface area contributed by atoms with Crippen LogP contribution in [0, 0.1) is 10.1 Å². The predicted molar refractivity (Wildman–Crippen MR) is 71.2 cm³/mol. The van der Waals surface area contributed by atoms with Crippen LogP contribution in [0.1, 0.15) is 20.3 Å². The first-order valence-corrected chi connectivity index (χ1v) is 6.36. The zero-order valence-corrected chi connectivity index (χ0v) is 12.1. The molecule has 0 aliphatic carbocycles. The summed E-state index contributed by atoms with van der Waals surface area (Å²) in [6.45, 7) is 3.25. The minimum atomic E-state index is -0.744. The predicted octanol–water partition coefficient (Wildman–Crippen LogP) is 3.76. The molecule has 0 aromatic heterocycles. The van der Waals surface area contributed by atoms with Gasteiger partial charge >= 0.3 is 5.69 Å². The highest BCUT2D eigenvalue weighted by Gasteiger charge is 2.23. The van der Waals surface area contributed by atoms with Gasteiger partial charge in [-0.05, 0) is 28.9 Å². The van der Waals surface area contributed by atoms with E-state index >= 15 is 0 Å². The van der Waals surface area contributed by atoms with Crippen LogP contribution in [0.4, 0.5) is 5.69 Å². The lowest BCUT2D eigenvalue weighted by Gasteiger charge is -2.14. The smallest absolute Gasteiger partial charge is 0.313 e. The third-order valence-electron chi connectivity index (χ3n) is 2.28. The van der Waals surface area contributed by atoms with Gasteiger partial charge in [0.25, 0.3) is 0 Å². The summed E-state index contributed by atoms with van der Waals surface area (Å²) in [5.74, 6) is -0.121. The summed E-state index contributed by atoms with van der Waals surface area (Å²) in [4.78, 5) is 21.7. The van der Waals surface area contributed by atoms with Crippen LogP contribution < -0.4 is 4.74 Å². The molecule has 0 saturated carbocycles. The molecule has 1 aromatic rings. The molecule has 0 radical (unpaired) electrons. The third kappa shape index (κ3) is 3.43. The molecule has 7 heteroatoms. The minimum absolute atomic E-state index is 0.0127. The molecule has 0 saturated heterocycles. The van der Waals surface area contributed by atoms with Crippen molar-refractivity contribution < 1.29 is 14.5 Å². The Morgan fingerprint density at radius 1 is 1.61 bits per heavy atom. The number of Topliss-reactive ketones (excluding diaryl/α,β-unsaturated/α-hetero) is 1. The highest BCUT2D eigenvalue weighted by Crippen LogP contribution is 2.38. The molecule has 0 heterocycles. The van der Waals surface area contributed by atoms with Crippen molar-refractivity contribution in [2.45, 2.75) is 26.4 Å². The van der Waals surface area contributed by atoms with Crippen LogP contribution in [-0.2, 0) is 4.79 Å². The molecule has 1 atom stereocenters. The highest BCUT2D eigenvalue weighted by atomic mass is 79.9. The van der Waals surface area contributed by atoms with Crippen molar-refractivity contribution in [3.05, 3.63) is 31.7 Å². The van der Waals surface area contributed by atoms with Gasteiger partial charge in [0.05, 0.1) is 9.40 Å². The summed E-state index contributed by atoms with van der Waals surface area (Å²) < 4.78 is 5.69. The molecule has 0 fully saturated rings. The zero-order valence-electron chi connectivity index (χ0n) is 9.78. The van der Waals surface area contributed by atoms with Gasteiger partial charge in [-0.2, -0.15) is 0 Å². The van der Waals surface area contributed by atoms with Crippen molar-refractivity contribution in [1.82, 2.24) is 0 Å². The number of carbonyl (C=O) groups is 1. The molecule has 18 heavy (non-hydrogen) atoms. The summed E-state index contributed by atoms with van der Waals surface area (Å²) >= 11 is 8.88. The Labute approximate surface area is 117 Å². The monoisotopic (exact) mass is 335 g/mol.